The van der Waals surface area contributed by atoms with Crippen LogP contribution in [0.3, 0.4) is 0 Å². The van der Waals surface area contributed by atoms with E-state index in [1.165, 1.54) is 11.1 Å². The van der Waals surface area contributed by atoms with Crippen molar-refractivity contribution in [1.29, 1.82) is 0 Å². The van der Waals surface area contributed by atoms with Crippen LogP contribution in [0.4, 0.5) is 5.69 Å². The van der Waals surface area contributed by atoms with Crippen molar-refractivity contribution < 1.29 is 4.79 Å². The van der Waals surface area contributed by atoms with Gasteiger partial charge in [0.25, 0.3) is 0 Å². The second kappa shape index (κ2) is 8.99. The van der Waals surface area contributed by atoms with Crippen molar-refractivity contribution in [1.82, 2.24) is 5.32 Å². The van der Waals surface area contributed by atoms with Crippen molar-refractivity contribution >= 4 is 11.6 Å². The molecular formula is C20H26N2O. The van der Waals surface area contributed by atoms with Gasteiger partial charge in [-0.2, -0.15) is 0 Å². The highest BCUT2D eigenvalue weighted by molar-refractivity contribution is 5.81. The van der Waals surface area contributed by atoms with E-state index in [1.54, 1.807) is 0 Å². The van der Waals surface area contributed by atoms with E-state index in [0.717, 1.165) is 31.6 Å². The molecule has 0 bridgehead atoms. The molecule has 23 heavy (non-hydrogen) atoms. The molecule has 1 N–H and O–H groups in total. The molecule has 3 nitrogen and oxygen atoms in total. The third kappa shape index (κ3) is 5.78. The van der Waals surface area contributed by atoms with E-state index < -0.39 is 0 Å². The highest BCUT2D eigenvalue weighted by Crippen LogP contribution is 2.15. The minimum atomic E-state index is 0.0846. The third-order valence-electron chi connectivity index (χ3n) is 3.89. The number of nitrogens with zero attached hydrogens (tertiary/aromatic N) is 1. The maximum atomic E-state index is 12.1. The molecule has 0 heterocycles. The molecule has 0 aliphatic rings. The van der Waals surface area contributed by atoms with Crippen LogP contribution in [0, 0.1) is 6.92 Å². The van der Waals surface area contributed by atoms with E-state index in [9.17, 15) is 4.79 Å². The summed E-state index contributed by atoms with van der Waals surface area (Å²) in [5, 5.41) is 3.02. The molecule has 3 heteroatoms. The molecule has 0 aliphatic carbocycles. The largest absolute Gasteiger partial charge is 0.362 e. The quantitative estimate of drug-likeness (QED) is 0.756. The zero-order chi connectivity index (χ0) is 16.5. The van der Waals surface area contributed by atoms with Gasteiger partial charge < -0.3 is 10.2 Å². The molecule has 0 unspecified atom stereocenters. The number of aryl methyl sites for hydroxylation is 2. The maximum Gasteiger partial charge on any atom is 0.239 e. The first kappa shape index (κ1) is 17.1. The first-order valence-corrected chi connectivity index (χ1v) is 8.31. The molecule has 122 valence electrons. The Morgan fingerprint density at radius 1 is 1.09 bits per heavy atom. The second-order valence-corrected chi connectivity index (χ2v) is 5.79. The predicted molar refractivity (Wildman–Crippen MR) is 96.8 cm³/mol. The minimum Gasteiger partial charge on any atom is -0.362 e. The Balaban J connectivity index is 1.75. The van der Waals surface area contributed by atoms with Crippen LogP contribution >= 0.6 is 0 Å². The normalized spacial score (nSPS) is 10.3. The highest BCUT2D eigenvalue weighted by Gasteiger charge is 2.09. The molecule has 2 aromatic carbocycles. The number of amides is 1. The Labute approximate surface area is 139 Å². The second-order valence-electron chi connectivity index (χ2n) is 5.79. The van der Waals surface area contributed by atoms with Crippen molar-refractivity contribution in [3.8, 4) is 0 Å². The number of carbonyl (C=O) groups excluding carboxylic acids is 1. The topological polar surface area (TPSA) is 32.3 Å². The maximum absolute atomic E-state index is 12.1. The number of hydrogen-bond acceptors (Lipinski definition) is 2. The first-order valence-electron chi connectivity index (χ1n) is 8.31. The number of benzene rings is 2. The SMILES string of the molecule is CCN(CC(=O)NCCCc1ccccc1)c1cccc(C)c1. The fourth-order valence-electron chi connectivity index (χ4n) is 2.60. The predicted octanol–water partition coefficient (Wildman–Crippen LogP) is 3.57. The van der Waals surface area contributed by atoms with Crippen molar-refractivity contribution in [2.45, 2.75) is 26.7 Å². The van der Waals surface area contributed by atoms with Crippen LogP contribution in [0.1, 0.15) is 24.5 Å². The van der Waals surface area contributed by atoms with Crippen LogP contribution in [0.5, 0.6) is 0 Å². The summed E-state index contributed by atoms with van der Waals surface area (Å²) in [5.41, 5.74) is 3.63. The third-order valence-corrected chi connectivity index (χ3v) is 3.89. The molecule has 0 aliphatic heterocycles. The van der Waals surface area contributed by atoms with E-state index in [4.69, 9.17) is 0 Å². The zero-order valence-corrected chi connectivity index (χ0v) is 14.1. The van der Waals surface area contributed by atoms with Gasteiger partial charge >= 0.3 is 0 Å². The summed E-state index contributed by atoms with van der Waals surface area (Å²) in [5.74, 6) is 0.0846. The Hall–Kier alpha value is -2.29. The lowest BCUT2D eigenvalue weighted by Gasteiger charge is -2.22. The van der Waals surface area contributed by atoms with Crippen molar-refractivity contribution in [3.63, 3.8) is 0 Å². The number of anilines is 1. The van der Waals surface area contributed by atoms with Crippen LogP contribution in [0.2, 0.25) is 0 Å². The molecule has 0 saturated carbocycles. The van der Waals surface area contributed by atoms with Gasteiger partial charge in [-0.15, -0.1) is 0 Å². The fourth-order valence-corrected chi connectivity index (χ4v) is 2.60. The van der Waals surface area contributed by atoms with E-state index in [0.29, 0.717) is 6.54 Å². The summed E-state index contributed by atoms with van der Waals surface area (Å²) >= 11 is 0. The van der Waals surface area contributed by atoms with Gasteiger partial charge in [0.15, 0.2) is 0 Å². The molecule has 0 saturated heterocycles. The van der Waals surface area contributed by atoms with Crippen molar-refractivity contribution in [3.05, 3.63) is 65.7 Å². The van der Waals surface area contributed by atoms with Crippen LogP contribution < -0.4 is 10.2 Å². The molecule has 0 fully saturated rings. The Kier molecular flexibility index (Phi) is 6.67. The van der Waals surface area contributed by atoms with E-state index in [2.05, 4.69) is 66.5 Å². The molecule has 1 amide bonds. The highest BCUT2D eigenvalue weighted by atomic mass is 16.2. The van der Waals surface area contributed by atoms with Crippen LogP contribution in [-0.4, -0.2) is 25.5 Å². The lowest BCUT2D eigenvalue weighted by Crippen LogP contribution is -2.37. The first-order chi connectivity index (χ1) is 11.2. The van der Waals surface area contributed by atoms with Gasteiger partial charge in [0.2, 0.25) is 5.91 Å². The summed E-state index contributed by atoms with van der Waals surface area (Å²) in [6, 6.07) is 18.6. The smallest absolute Gasteiger partial charge is 0.239 e. The summed E-state index contributed by atoms with van der Waals surface area (Å²) in [6.07, 6.45) is 1.96. The van der Waals surface area contributed by atoms with Gasteiger partial charge in [-0.25, -0.2) is 0 Å². The molecule has 2 aromatic rings. The van der Waals surface area contributed by atoms with Gasteiger partial charge in [0, 0.05) is 18.8 Å². The summed E-state index contributed by atoms with van der Waals surface area (Å²) in [6.45, 7) is 6.09. The molecule has 2 rings (SSSR count). The van der Waals surface area contributed by atoms with Gasteiger partial charge in [0.05, 0.1) is 6.54 Å². The average molecular weight is 310 g/mol. The summed E-state index contributed by atoms with van der Waals surface area (Å²) < 4.78 is 0. The number of rotatable bonds is 8. The van der Waals surface area contributed by atoms with Crippen LogP contribution in [0.25, 0.3) is 0 Å². The minimum absolute atomic E-state index is 0.0846. The van der Waals surface area contributed by atoms with E-state index >= 15 is 0 Å². The molecular weight excluding hydrogens is 284 g/mol. The number of hydrogen-bond donors (Lipinski definition) is 1. The van der Waals surface area contributed by atoms with E-state index in [-0.39, 0.29) is 5.91 Å². The van der Waals surface area contributed by atoms with Crippen LogP contribution in [0.15, 0.2) is 54.6 Å². The monoisotopic (exact) mass is 310 g/mol. The van der Waals surface area contributed by atoms with Gasteiger partial charge in [-0.1, -0.05) is 42.5 Å². The summed E-state index contributed by atoms with van der Waals surface area (Å²) in [4.78, 5) is 14.2. The van der Waals surface area contributed by atoms with Gasteiger partial charge in [-0.05, 0) is 49.9 Å². The molecule has 0 atom stereocenters. The van der Waals surface area contributed by atoms with Crippen LogP contribution in [-0.2, 0) is 11.2 Å². The average Bonchev–Trinajstić information content (AvgIpc) is 2.57. The number of carbonyl (C=O) groups is 1. The fraction of sp³-hybridized carbons (Fsp3) is 0.350. The summed E-state index contributed by atoms with van der Waals surface area (Å²) in [7, 11) is 0. The van der Waals surface area contributed by atoms with Crippen molar-refractivity contribution in [2.24, 2.45) is 0 Å². The number of nitrogens with one attached hydrogen (secondary N) is 1. The Bertz CT molecular complexity index is 610. The van der Waals surface area contributed by atoms with Gasteiger partial charge in [0.1, 0.15) is 0 Å². The van der Waals surface area contributed by atoms with E-state index in [1.807, 2.05) is 12.1 Å². The Morgan fingerprint density at radius 3 is 2.57 bits per heavy atom. The lowest BCUT2D eigenvalue weighted by molar-refractivity contribution is -0.119. The molecule has 0 spiro atoms. The zero-order valence-electron chi connectivity index (χ0n) is 14.1. The Morgan fingerprint density at radius 2 is 1.87 bits per heavy atom. The van der Waals surface area contributed by atoms with Crippen molar-refractivity contribution in [2.75, 3.05) is 24.5 Å². The number of likely N-dealkylation sites (N-methyl/N-ethyl adjacent to an activating group) is 1. The van der Waals surface area contributed by atoms with Gasteiger partial charge in [-0.3, -0.25) is 4.79 Å². The molecule has 0 radical (unpaired) electrons. The molecule has 0 aromatic heterocycles. The lowest BCUT2D eigenvalue weighted by atomic mass is 10.1. The standard InChI is InChI=1S/C20H26N2O/c1-3-22(19-13-7-9-17(2)15-19)16-20(23)21-14-8-12-18-10-5-4-6-11-18/h4-7,9-11,13,15H,3,8,12,14,16H2,1-2H3,(H,21,23).